The fraction of sp³-hybridized carbons (Fsp3) is 0.889. The van der Waals surface area contributed by atoms with Crippen LogP contribution in [0.25, 0.3) is 0 Å². The second-order valence-corrected chi connectivity index (χ2v) is 4.06. The summed E-state index contributed by atoms with van der Waals surface area (Å²) in [5.41, 5.74) is 0. The van der Waals surface area contributed by atoms with Crippen molar-refractivity contribution in [1.82, 2.24) is 0 Å². The van der Waals surface area contributed by atoms with Crippen molar-refractivity contribution in [2.45, 2.75) is 26.2 Å². The SMILES string of the molecule is C[C@H]1[C@H]2CC[C@H](C2)[C@H]1C(=O)O. The molecular formula is C9H14O2. The minimum absolute atomic E-state index is 0.0197. The third-order valence-corrected chi connectivity index (χ3v) is 3.62. The third kappa shape index (κ3) is 0.883. The molecule has 0 aliphatic heterocycles. The molecule has 0 aromatic carbocycles. The molecule has 0 aromatic heterocycles. The Morgan fingerprint density at radius 3 is 2.36 bits per heavy atom. The van der Waals surface area contributed by atoms with Gasteiger partial charge in [-0.1, -0.05) is 6.92 Å². The van der Waals surface area contributed by atoms with E-state index in [1.807, 2.05) is 0 Å². The zero-order valence-electron chi connectivity index (χ0n) is 6.79. The molecule has 2 heteroatoms. The molecule has 0 unspecified atom stereocenters. The second kappa shape index (κ2) is 2.23. The Labute approximate surface area is 66.6 Å². The highest BCUT2D eigenvalue weighted by atomic mass is 16.4. The lowest BCUT2D eigenvalue weighted by Gasteiger charge is -2.24. The number of hydrogen-bond acceptors (Lipinski definition) is 1. The van der Waals surface area contributed by atoms with E-state index in [2.05, 4.69) is 6.92 Å². The summed E-state index contributed by atoms with van der Waals surface area (Å²) in [7, 11) is 0. The van der Waals surface area contributed by atoms with Crippen molar-refractivity contribution < 1.29 is 9.90 Å². The van der Waals surface area contributed by atoms with Crippen LogP contribution in [0.2, 0.25) is 0 Å². The number of carboxylic acids is 1. The maximum absolute atomic E-state index is 10.8. The first-order chi connectivity index (χ1) is 5.20. The summed E-state index contributed by atoms with van der Waals surface area (Å²) in [6.45, 7) is 2.10. The first-order valence-corrected chi connectivity index (χ1v) is 4.43. The molecule has 0 heterocycles. The lowest BCUT2D eigenvalue weighted by Crippen LogP contribution is -2.27. The highest BCUT2D eigenvalue weighted by molar-refractivity contribution is 5.71. The zero-order valence-corrected chi connectivity index (χ0v) is 6.79. The second-order valence-electron chi connectivity index (χ2n) is 4.06. The van der Waals surface area contributed by atoms with Crippen LogP contribution >= 0.6 is 0 Å². The first-order valence-electron chi connectivity index (χ1n) is 4.43. The van der Waals surface area contributed by atoms with E-state index in [9.17, 15) is 4.79 Å². The molecule has 4 atom stereocenters. The smallest absolute Gasteiger partial charge is 0.307 e. The molecule has 62 valence electrons. The van der Waals surface area contributed by atoms with E-state index in [0.29, 0.717) is 11.8 Å². The van der Waals surface area contributed by atoms with E-state index in [-0.39, 0.29) is 5.92 Å². The van der Waals surface area contributed by atoms with E-state index >= 15 is 0 Å². The molecule has 2 bridgehead atoms. The Kier molecular flexibility index (Phi) is 1.44. The van der Waals surface area contributed by atoms with Gasteiger partial charge in [-0.05, 0) is 37.0 Å². The quantitative estimate of drug-likeness (QED) is 0.624. The molecule has 2 aliphatic rings. The molecule has 0 radical (unpaired) electrons. The molecule has 2 rings (SSSR count). The van der Waals surface area contributed by atoms with Crippen LogP contribution in [0.5, 0.6) is 0 Å². The number of aliphatic carboxylic acids is 1. The highest BCUT2D eigenvalue weighted by Crippen LogP contribution is 2.51. The van der Waals surface area contributed by atoms with Gasteiger partial charge in [0.2, 0.25) is 0 Å². The summed E-state index contributed by atoms with van der Waals surface area (Å²) in [6, 6.07) is 0. The lowest BCUT2D eigenvalue weighted by atomic mass is 9.81. The molecule has 11 heavy (non-hydrogen) atoms. The Bertz CT molecular complexity index is 186. The fourth-order valence-electron chi connectivity index (χ4n) is 3.01. The average molecular weight is 154 g/mol. The van der Waals surface area contributed by atoms with Gasteiger partial charge in [0.15, 0.2) is 0 Å². The van der Waals surface area contributed by atoms with E-state index in [0.717, 1.165) is 12.3 Å². The molecule has 0 spiro atoms. The van der Waals surface area contributed by atoms with E-state index in [4.69, 9.17) is 5.11 Å². The minimum atomic E-state index is -0.565. The predicted octanol–water partition coefficient (Wildman–Crippen LogP) is 1.75. The van der Waals surface area contributed by atoms with Crippen molar-refractivity contribution in [3.63, 3.8) is 0 Å². The van der Waals surface area contributed by atoms with Crippen molar-refractivity contribution in [1.29, 1.82) is 0 Å². The molecule has 1 N–H and O–H groups in total. The Morgan fingerprint density at radius 2 is 2.00 bits per heavy atom. The van der Waals surface area contributed by atoms with Gasteiger partial charge in [-0.2, -0.15) is 0 Å². The van der Waals surface area contributed by atoms with Gasteiger partial charge in [-0.25, -0.2) is 0 Å². The molecule has 2 fully saturated rings. The van der Waals surface area contributed by atoms with Crippen molar-refractivity contribution in [2.75, 3.05) is 0 Å². The topological polar surface area (TPSA) is 37.3 Å². The molecule has 0 saturated heterocycles. The number of carboxylic acid groups (broad SMARTS) is 1. The van der Waals surface area contributed by atoms with E-state index in [1.54, 1.807) is 0 Å². The summed E-state index contributed by atoms with van der Waals surface area (Å²) < 4.78 is 0. The van der Waals surface area contributed by atoms with Gasteiger partial charge in [0.1, 0.15) is 0 Å². The summed E-state index contributed by atoms with van der Waals surface area (Å²) in [4.78, 5) is 10.8. The monoisotopic (exact) mass is 154 g/mol. The Morgan fingerprint density at radius 1 is 1.36 bits per heavy atom. The normalized spacial score (nSPS) is 48.1. The molecule has 2 aliphatic carbocycles. The number of fused-ring (bicyclic) bond motifs is 2. The first kappa shape index (κ1) is 7.14. The van der Waals surface area contributed by atoms with Crippen LogP contribution < -0.4 is 0 Å². The van der Waals surface area contributed by atoms with Crippen LogP contribution in [0.15, 0.2) is 0 Å². The van der Waals surface area contributed by atoms with Crippen LogP contribution in [0.4, 0.5) is 0 Å². The van der Waals surface area contributed by atoms with E-state index < -0.39 is 5.97 Å². The van der Waals surface area contributed by atoms with Crippen molar-refractivity contribution in [3.05, 3.63) is 0 Å². The third-order valence-electron chi connectivity index (χ3n) is 3.62. The van der Waals surface area contributed by atoms with Gasteiger partial charge in [0, 0.05) is 0 Å². The maximum atomic E-state index is 10.8. The van der Waals surface area contributed by atoms with Gasteiger partial charge < -0.3 is 5.11 Å². The highest BCUT2D eigenvalue weighted by Gasteiger charge is 2.48. The van der Waals surface area contributed by atoms with Crippen LogP contribution in [-0.4, -0.2) is 11.1 Å². The number of carbonyl (C=O) groups is 1. The Hall–Kier alpha value is -0.530. The maximum Gasteiger partial charge on any atom is 0.307 e. The van der Waals surface area contributed by atoms with Crippen LogP contribution in [0, 0.1) is 23.7 Å². The summed E-state index contributed by atoms with van der Waals surface area (Å²) in [5.74, 6) is 1.08. The zero-order chi connectivity index (χ0) is 8.01. The standard InChI is InChI=1S/C9H14O2/c1-5-6-2-3-7(4-6)8(5)9(10)11/h5-8H,2-4H2,1H3,(H,10,11)/t5-,6-,7+,8-/m0/s1. The van der Waals surface area contributed by atoms with Crippen LogP contribution in [-0.2, 0) is 4.79 Å². The summed E-state index contributed by atoms with van der Waals surface area (Å²) in [6.07, 6.45) is 3.61. The van der Waals surface area contributed by atoms with Gasteiger partial charge >= 0.3 is 5.97 Å². The fourth-order valence-corrected chi connectivity index (χ4v) is 3.01. The Balaban J connectivity index is 2.17. The summed E-state index contributed by atoms with van der Waals surface area (Å²) in [5, 5.41) is 8.91. The minimum Gasteiger partial charge on any atom is -0.481 e. The molecular weight excluding hydrogens is 140 g/mol. The number of rotatable bonds is 1. The summed E-state index contributed by atoms with van der Waals surface area (Å²) >= 11 is 0. The molecule has 2 saturated carbocycles. The van der Waals surface area contributed by atoms with Crippen molar-refractivity contribution in [3.8, 4) is 0 Å². The van der Waals surface area contributed by atoms with Gasteiger partial charge in [-0.15, -0.1) is 0 Å². The van der Waals surface area contributed by atoms with Crippen molar-refractivity contribution >= 4 is 5.97 Å². The van der Waals surface area contributed by atoms with Gasteiger partial charge in [0.25, 0.3) is 0 Å². The van der Waals surface area contributed by atoms with Gasteiger partial charge in [-0.3, -0.25) is 4.79 Å². The predicted molar refractivity (Wildman–Crippen MR) is 41.1 cm³/mol. The average Bonchev–Trinajstić information content (AvgIpc) is 2.44. The molecule has 2 nitrogen and oxygen atoms in total. The van der Waals surface area contributed by atoms with E-state index in [1.165, 1.54) is 12.8 Å². The van der Waals surface area contributed by atoms with Gasteiger partial charge in [0.05, 0.1) is 5.92 Å². The largest absolute Gasteiger partial charge is 0.481 e. The lowest BCUT2D eigenvalue weighted by molar-refractivity contribution is -0.145. The van der Waals surface area contributed by atoms with Crippen LogP contribution in [0.3, 0.4) is 0 Å². The molecule has 0 amide bonds. The number of hydrogen-bond donors (Lipinski definition) is 1. The van der Waals surface area contributed by atoms with Crippen LogP contribution in [0.1, 0.15) is 26.2 Å². The molecule has 0 aromatic rings. The van der Waals surface area contributed by atoms with Crippen molar-refractivity contribution in [2.24, 2.45) is 23.7 Å².